The molecule has 0 saturated carbocycles. The van der Waals surface area contributed by atoms with Crippen molar-refractivity contribution in [3.8, 4) is 0 Å². The van der Waals surface area contributed by atoms with Gasteiger partial charge >= 0.3 is 5.97 Å². The number of hydrogen-bond acceptors (Lipinski definition) is 3. The van der Waals surface area contributed by atoms with E-state index in [4.69, 9.17) is 0 Å². The monoisotopic (exact) mass is 238 g/mol. The number of aryl methyl sites for hydroxylation is 2. The maximum Gasteiger partial charge on any atom is 0.315 e. The highest BCUT2D eigenvalue weighted by molar-refractivity contribution is 7.10. The van der Waals surface area contributed by atoms with E-state index in [1.54, 1.807) is 0 Å². The third-order valence-electron chi connectivity index (χ3n) is 2.29. The zero-order chi connectivity index (χ0) is 12.0. The number of carbonyl (C=O) groups is 2. The van der Waals surface area contributed by atoms with Crippen molar-refractivity contribution >= 4 is 21.2 Å². The number of carbonyl (C=O) groups excluding carboxylic acids is 2. The highest BCUT2D eigenvalue weighted by Crippen LogP contribution is 2.07. The molecule has 0 radical (unpaired) electrons. The molecule has 0 aliphatic rings. The number of ketones is 1. The van der Waals surface area contributed by atoms with Crippen LogP contribution >= 0.6 is 9.47 Å². The molecule has 0 fully saturated rings. The van der Waals surface area contributed by atoms with Gasteiger partial charge in [0, 0.05) is 6.42 Å². The zero-order valence-electron chi connectivity index (χ0n) is 9.23. The Bertz CT molecular complexity index is 370. The van der Waals surface area contributed by atoms with Gasteiger partial charge < -0.3 is 4.52 Å². The highest BCUT2D eigenvalue weighted by Gasteiger charge is 2.09. The molecule has 0 amide bonds. The minimum Gasteiger partial charge on any atom is -0.451 e. The van der Waals surface area contributed by atoms with E-state index in [1.807, 2.05) is 40.7 Å². The van der Waals surface area contributed by atoms with Crippen LogP contribution in [0.5, 0.6) is 0 Å². The summed E-state index contributed by atoms with van der Waals surface area (Å²) in [5.74, 6) is -0.591. The molecular formula is C12H15O3P. The molecular weight excluding hydrogens is 223 g/mol. The van der Waals surface area contributed by atoms with E-state index in [1.165, 1.54) is 5.56 Å². The second-order valence-corrected chi connectivity index (χ2v) is 3.93. The van der Waals surface area contributed by atoms with Gasteiger partial charge in [-0.15, -0.1) is 0 Å². The van der Waals surface area contributed by atoms with E-state index in [0.29, 0.717) is 12.8 Å². The van der Waals surface area contributed by atoms with Crippen LogP contribution in [-0.2, 0) is 20.5 Å². The Morgan fingerprint density at radius 3 is 2.44 bits per heavy atom. The van der Waals surface area contributed by atoms with Crippen LogP contribution < -0.4 is 0 Å². The summed E-state index contributed by atoms with van der Waals surface area (Å²) < 4.78 is 4.35. The maximum atomic E-state index is 11.3. The normalized spacial score (nSPS) is 9.88. The van der Waals surface area contributed by atoms with Crippen LogP contribution in [0.3, 0.4) is 0 Å². The maximum absolute atomic E-state index is 11.3. The Kier molecular flexibility index (Phi) is 5.13. The average Bonchev–Trinajstić information content (AvgIpc) is 2.28. The molecule has 0 bridgehead atoms. The van der Waals surface area contributed by atoms with Crippen molar-refractivity contribution in [3.63, 3.8) is 0 Å². The fourth-order valence-electron chi connectivity index (χ4n) is 1.33. The van der Waals surface area contributed by atoms with Gasteiger partial charge in [0.25, 0.3) is 0 Å². The van der Waals surface area contributed by atoms with Gasteiger partial charge in [-0.3, -0.25) is 9.59 Å². The molecule has 1 atom stereocenters. The second-order valence-electron chi connectivity index (χ2n) is 3.69. The van der Waals surface area contributed by atoms with Gasteiger partial charge in [-0.25, -0.2) is 0 Å². The Morgan fingerprint density at radius 2 is 1.88 bits per heavy atom. The van der Waals surface area contributed by atoms with Crippen molar-refractivity contribution < 1.29 is 14.1 Å². The standard InChI is InChI=1S/C12H15O3P/c1-9-2-4-10(5-3-9)6-7-11(13)8-12(14)15-16/h2-5H,6-8,16H2,1H3. The zero-order valence-corrected chi connectivity index (χ0v) is 10.4. The molecule has 16 heavy (non-hydrogen) atoms. The van der Waals surface area contributed by atoms with Crippen molar-refractivity contribution in [1.82, 2.24) is 0 Å². The van der Waals surface area contributed by atoms with Gasteiger partial charge in [-0.05, 0) is 18.9 Å². The van der Waals surface area contributed by atoms with Gasteiger partial charge in [-0.1, -0.05) is 29.8 Å². The van der Waals surface area contributed by atoms with Crippen LogP contribution in [-0.4, -0.2) is 11.8 Å². The molecule has 0 N–H and O–H groups in total. The van der Waals surface area contributed by atoms with Crippen LogP contribution in [0.25, 0.3) is 0 Å². The third-order valence-corrected chi connectivity index (χ3v) is 2.55. The summed E-state index contributed by atoms with van der Waals surface area (Å²) in [6.07, 6.45) is 0.904. The fraction of sp³-hybridized carbons (Fsp3) is 0.333. The summed E-state index contributed by atoms with van der Waals surface area (Å²) in [6, 6.07) is 8.01. The first-order chi connectivity index (χ1) is 7.61. The van der Waals surface area contributed by atoms with Gasteiger partial charge in [0.15, 0.2) is 0 Å². The average molecular weight is 238 g/mol. The van der Waals surface area contributed by atoms with E-state index in [-0.39, 0.29) is 12.2 Å². The number of hydrogen-bond donors (Lipinski definition) is 0. The molecule has 0 aromatic heterocycles. The van der Waals surface area contributed by atoms with Crippen LogP contribution in [0, 0.1) is 6.92 Å². The Morgan fingerprint density at radius 1 is 1.25 bits per heavy atom. The van der Waals surface area contributed by atoms with Crippen molar-refractivity contribution in [2.24, 2.45) is 0 Å². The van der Waals surface area contributed by atoms with E-state index in [0.717, 1.165) is 5.56 Å². The third kappa shape index (κ3) is 4.54. The van der Waals surface area contributed by atoms with Crippen LogP contribution in [0.4, 0.5) is 0 Å². The summed E-state index contributed by atoms with van der Waals surface area (Å²) in [7, 11) is 1.85. The molecule has 0 saturated heterocycles. The molecule has 1 aromatic rings. The van der Waals surface area contributed by atoms with Gasteiger partial charge in [0.05, 0.1) is 9.47 Å². The van der Waals surface area contributed by atoms with Crippen molar-refractivity contribution in [1.29, 1.82) is 0 Å². The largest absolute Gasteiger partial charge is 0.451 e. The molecule has 0 aliphatic heterocycles. The second kappa shape index (κ2) is 6.39. The predicted molar refractivity (Wildman–Crippen MR) is 64.9 cm³/mol. The summed E-state index contributed by atoms with van der Waals surface area (Å²) >= 11 is 0. The Balaban J connectivity index is 2.37. The van der Waals surface area contributed by atoms with Crippen LogP contribution in [0.1, 0.15) is 24.0 Å². The predicted octanol–water partition coefficient (Wildman–Crippen LogP) is 2.22. The van der Waals surface area contributed by atoms with Gasteiger partial charge in [0.2, 0.25) is 0 Å². The first-order valence-corrected chi connectivity index (χ1v) is 5.56. The molecule has 0 spiro atoms. The molecule has 3 nitrogen and oxygen atoms in total. The summed E-state index contributed by atoms with van der Waals surface area (Å²) in [6.45, 7) is 2.02. The minimum atomic E-state index is -0.501. The summed E-state index contributed by atoms with van der Waals surface area (Å²) in [4.78, 5) is 22.2. The molecule has 1 unspecified atom stereocenters. The SMILES string of the molecule is Cc1ccc(CCC(=O)CC(=O)OP)cc1. The lowest BCUT2D eigenvalue weighted by Gasteiger charge is -2.01. The lowest BCUT2D eigenvalue weighted by molar-refractivity contribution is -0.137. The summed E-state index contributed by atoms with van der Waals surface area (Å²) in [5, 5.41) is 0. The highest BCUT2D eigenvalue weighted by atomic mass is 31.0. The molecule has 1 aromatic carbocycles. The molecule has 1 rings (SSSR count). The van der Waals surface area contributed by atoms with Crippen LogP contribution in [0.2, 0.25) is 0 Å². The lowest BCUT2D eigenvalue weighted by atomic mass is 10.1. The first kappa shape index (κ1) is 12.9. The van der Waals surface area contributed by atoms with E-state index >= 15 is 0 Å². The van der Waals surface area contributed by atoms with Crippen LogP contribution in [0.15, 0.2) is 24.3 Å². The first-order valence-electron chi connectivity index (χ1n) is 5.08. The smallest absolute Gasteiger partial charge is 0.315 e. The van der Waals surface area contributed by atoms with Crippen molar-refractivity contribution in [2.45, 2.75) is 26.2 Å². The summed E-state index contributed by atoms with van der Waals surface area (Å²) in [5.41, 5.74) is 2.31. The number of benzene rings is 1. The van der Waals surface area contributed by atoms with Gasteiger partial charge in [-0.2, -0.15) is 0 Å². The van der Waals surface area contributed by atoms with E-state index in [2.05, 4.69) is 4.52 Å². The van der Waals surface area contributed by atoms with Crippen molar-refractivity contribution in [2.75, 3.05) is 0 Å². The number of Topliss-reactive ketones (excluding diaryl/α,β-unsaturated/α-hetero) is 1. The molecule has 4 heteroatoms. The molecule has 86 valence electrons. The molecule has 0 aliphatic carbocycles. The Hall–Kier alpha value is -1.21. The Labute approximate surface area is 97.5 Å². The topological polar surface area (TPSA) is 43.4 Å². The molecule has 0 heterocycles. The van der Waals surface area contributed by atoms with E-state index in [9.17, 15) is 9.59 Å². The van der Waals surface area contributed by atoms with Gasteiger partial charge in [0.1, 0.15) is 12.2 Å². The van der Waals surface area contributed by atoms with Crippen molar-refractivity contribution in [3.05, 3.63) is 35.4 Å². The van der Waals surface area contributed by atoms with E-state index < -0.39 is 5.97 Å². The minimum absolute atomic E-state index is 0.0898. The quantitative estimate of drug-likeness (QED) is 0.583. The number of rotatable bonds is 5. The fourth-order valence-corrected chi connectivity index (χ4v) is 1.41. The lowest BCUT2D eigenvalue weighted by Crippen LogP contribution is -2.08.